The van der Waals surface area contributed by atoms with E-state index >= 15 is 0 Å². The Hall–Kier alpha value is -2.14. The first-order valence-electron chi connectivity index (χ1n) is 5.19. The molecule has 0 radical (unpaired) electrons. The quantitative estimate of drug-likeness (QED) is 0.484. The fourth-order valence-electron chi connectivity index (χ4n) is 1.52. The van der Waals surface area contributed by atoms with E-state index in [-0.39, 0.29) is 10.8 Å². The minimum atomic E-state index is -0.554. The molecular weight excluding hydrogens is 254 g/mol. The number of hydrogen-bond donors (Lipinski definition) is 0. The van der Waals surface area contributed by atoms with E-state index in [2.05, 4.69) is 4.98 Å². The average molecular weight is 264 g/mol. The summed E-state index contributed by atoms with van der Waals surface area (Å²) >= 11 is 5.78. The molecule has 0 fully saturated rings. The molecule has 0 bridgehead atoms. The number of anilines is 2. The normalized spacial score (nSPS) is 10.1. The summed E-state index contributed by atoms with van der Waals surface area (Å²) in [6.45, 7) is 0. The largest absolute Gasteiger partial charge is 0.329 e. The van der Waals surface area contributed by atoms with Crippen molar-refractivity contribution >= 4 is 28.8 Å². The van der Waals surface area contributed by atoms with Crippen LogP contribution in [0.3, 0.4) is 0 Å². The maximum atomic E-state index is 10.6. The molecule has 0 aliphatic rings. The van der Waals surface area contributed by atoms with E-state index in [1.54, 1.807) is 11.0 Å². The van der Waals surface area contributed by atoms with Crippen molar-refractivity contribution in [2.75, 3.05) is 11.9 Å². The molecule has 18 heavy (non-hydrogen) atoms. The van der Waals surface area contributed by atoms with Crippen LogP contribution in [0.15, 0.2) is 42.5 Å². The van der Waals surface area contributed by atoms with Crippen LogP contribution in [0.1, 0.15) is 0 Å². The molecule has 0 aliphatic heterocycles. The first kappa shape index (κ1) is 12.3. The average Bonchev–Trinajstić information content (AvgIpc) is 2.38. The number of nitro groups is 1. The highest BCUT2D eigenvalue weighted by Gasteiger charge is 2.15. The molecular formula is C12H10ClN3O2. The Kier molecular flexibility index (Phi) is 3.43. The highest BCUT2D eigenvalue weighted by Crippen LogP contribution is 2.27. The second kappa shape index (κ2) is 5.01. The third-order valence-corrected chi connectivity index (χ3v) is 2.78. The highest BCUT2D eigenvalue weighted by atomic mass is 35.5. The van der Waals surface area contributed by atoms with Crippen LogP contribution < -0.4 is 4.90 Å². The third-order valence-electron chi connectivity index (χ3n) is 2.50. The van der Waals surface area contributed by atoms with Gasteiger partial charge in [0, 0.05) is 18.8 Å². The molecule has 2 aromatic rings. The van der Waals surface area contributed by atoms with Crippen molar-refractivity contribution in [3.05, 3.63) is 57.7 Å². The summed E-state index contributed by atoms with van der Waals surface area (Å²) in [4.78, 5) is 15.9. The Bertz CT molecular complexity index is 575. The molecule has 1 aromatic heterocycles. The Balaban J connectivity index is 2.35. The number of rotatable bonds is 3. The number of aromatic nitrogens is 1. The summed E-state index contributed by atoms with van der Waals surface area (Å²) in [5, 5.41) is 10.5. The van der Waals surface area contributed by atoms with Crippen molar-refractivity contribution in [2.45, 2.75) is 0 Å². The Morgan fingerprint density at radius 3 is 2.44 bits per heavy atom. The second-order valence-electron chi connectivity index (χ2n) is 3.63. The third kappa shape index (κ3) is 2.41. The number of hydrogen-bond acceptors (Lipinski definition) is 4. The Morgan fingerprint density at radius 1 is 1.22 bits per heavy atom. The molecule has 0 saturated heterocycles. The molecule has 0 spiro atoms. The van der Waals surface area contributed by atoms with Crippen LogP contribution >= 0.6 is 11.6 Å². The zero-order valence-corrected chi connectivity index (χ0v) is 10.3. The molecule has 0 amide bonds. The Morgan fingerprint density at radius 2 is 1.89 bits per heavy atom. The van der Waals surface area contributed by atoms with Gasteiger partial charge in [-0.15, -0.1) is 0 Å². The summed E-state index contributed by atoms with van der Waals surface area (Å²) < 4.78 is 0. The minimum Gasteiger partial charge on any atom is -0.329 e. The maximum absolute atomic E-state index is 10.6. The van der Waals surface area contributed by atoms with Crippen LogP contribution in [-0.4, -0.2) is 17.0 Å². The molecule has 0 aliphatic carbocycles. The van der Waals surface area contributed by atoms with Crippen LogP contribution in [0, 0.1) is 10.1 Å². The fraction of sp³-hybridized carbons (Fsp3) is 0.0833. The molecule has 2 rings (SSSR count). The van der Waals surface area contributed by atoms with E-state index in [9.17, 15) is 10.1 Å². The number of halogens is 1. The van der Waals surface area contributed by atoms with Crippen molar-refractivity contribution in [1.82, 2.24) is 4.98 Å². The molecule has 6 heteroatoms. The maximum Gasteiger partial charge on any atom is 0.306 e. The molecule has 0 atom stereocenters. The van der Waals surface area contributed by atoms with Crippen LogP contribution in [0.25, 0.3) is 0 Å². The van der Waals surface area contributed by atoms with Gasteiger partial charge in [0.25, 0.3) is 0 Å². The van der Waals surface area contributed by atoms with E-state index < -0.39 is 4.92 Å². The van der Waals surface area contributed by atoms with Crippen molar-refractivity contribution in [2.24, 2.45) is 0 Å². The second-order valence-corrected chi connectivity index (χ2v) is 3.99. The lowest BCUT2D eigenvalue weighted by Crippen LogP contribution is -2.11. The Labute approximate surface area is 109 Å². The van der Waals surface area contributed by atoms with Gasteiger partial charge in [-0.3, -0.25) is 10.1 Å². The molecule has 0 saturated carbocycles. The standard InChI is InChI=1S/C12H10ClN3O2/c1-15(9-5-3-2-4-6-9)11-8-7-10(16(17)18)12(13)14-11/h2-8H,1H3. The summed E-state index contributed by atoms with van der Waals surface area (Å²) in [5.41, 5.74) is 0.733. The smallest absolute Gasteiger partial charge is 0.306 e. The van der Waals surface area contributed by atoms with Gasteiger partial charge in [0.2, 0.25) is 5.15 Å². The molecule has 0 unspecified atom stereocenters. The number of benzene rings is 1. The van der Waals surface area contributed by atoms with Crippen molar-refractivity contribution < 1.29 is 4.92 Å². The number of nitrogens with zero attached hydrogens (tertiary/aromatic N) is 3. The van der Waals surface area contributed by atoms with Gasteiger partial charge < -0.3 is 4.90 Å². The number of pyridine rings is 1. The van der Waals surface area contributed by atoms with Crippen LogP contribution in [0.5, 0.6) is 0 Å². The van der Waals surface area contributed by atoms with E-state index in [1.807, 2.05) is 37.4 Å². The lowest BCUT2D eigenvalue weighted by atomic mass is 10.3. The molecule has 92 valence electrons. The van der Waals surface area contributed by atoms with Crippen molar-refractivity contribution in [3.63, 3.8) is 0 Å². The van der Waals surface area contributed by atoms with Gasteiger partial charge in [-0.25, -0.2) is 4.98 Å². The van der Waals surface area contributed by atoms with E-state index in [1.165, 1.54) is 6.07 Å². The predicted octanol–water partition coefficient (Wildman–Crippen LogP) is 3.41. The molecule has 5 nitrogen and oxygen atoms in total. The first-order chi connectivity index (χ1) is 8.59. The van der Waals surface area contributed by atoms with Gasteiger partial charge >= 0.3 is 5.69 Å². The van der Waals surface area contributed by atoms with Gasteiger partial charge in [0.05, 0.1) is 4.92 Å². The van der Waals surface area contributed by atoms with E-state index in [0.29, 0.717) is 5.82 Å². The van der Waals surface area contributed by atoms with Gasteiger partial charge in [-0.2, -0.15) is 0 Å². The van der Waals surface area contributed by atoms with Gasteiger partial charge in [0.15, 0.2) is 0 Å². The summed E-state index contributed by atoms with van der Waals surface area (Å²) in [7, 11) is 1.82. The lowest BCUT2D eigenvalue weighted by molar-refractivity contribution is -0.385. The van der Waals surface area contributed by atoms with Gasteiger partial charge in [0.1, 0.15) is 5.82 Å². The van der Waals surface area contributed by atoms with Crippen molar-refractivity contribution in [1.29, 1.82) is 0 Å². The van der Waals surface area contributed by atoms with Crippen LogP contribution in [-0.2, 0) is 0 Å². The molecule has 1 aromatic carbocycles. The van der Waals surface area contributed by atoms with Crippen LogP contribution in [0.2, 0.25) is 5.15 Å². The fourth-order valence-corrected chi connectivity index (χ4v) is 1.74. The van der Waals surface area contributed by atoms with Crippen LogP contribution in [0.4, 0.5) is 17.2 Å². The summed E-state index contributed by atoms with van der Waals surface area (Å²) in [6.07, 6.45) is 0. The minimum absolute atomic E-state index is 0.111. The van der Waals surface area contributed by atoms with E-state index in [0.717, 1.165) is 5.69 Å². The monoisotopic (exact) mass is 263 g/mol. The molecule has 0 N–H and O–H groups in total. The van der Waals surface area contributed by atoms with Gasteiger partial charge in [-0.1, -0.05) is 29.8 Å². The summed E-state index contributed by atoms with van der Waals surface area (Å²) in [5.74, 6) is 0.553. The van der Waals surface area contributed by atoms with Gasteiger partial charge in [-0.05, 0) is 18.2 Å². The summed E-state index contributed by atoms with van der Waals surface area (Å²) in [6, 6.07) is 12.5. The predicted molar refractivity (Wildman–Crippen MR) is 70.4 cm³/mol. The first-order valence-corrected chi connectivity index (χ1v) is 5.57. The molecule has 1 heterocycles. The zero-order valence-electron chi connectivity index (χ0n) is 9.58. The van der Waals surface area contributed by atoms with E-state index in [4.69, 9.17) is 11.6 Å². The van der Waals surface area contributed by atoms with Crippen molar-refractivity contribution in [3.8, 4) is 0 Å². The topological polar surface area (TPSA) is 59.3 Å². The number of para-hydroxylation sites is 1. The SMILES string of the molecule is CN(c1ccccc1)c1ccc([N+](=O)[O-])c(Cl)n1. The zero-order chi connectivity index (χ0) is 13.1. The lowest BCUT2D eigenvalue weighted by Gasteiger charge is -2.18. The highest BCUT2D eigenvalue weighted by molar-refractivity contribution is 6.31.